The second-order valence-corrected chi connectivity index (χ2v) is 26.3. The molecule has 9 rings (SSSR count). The van der Waals surface area contributed by atoms with Crippen molar-refractivity contribution in [3.63, 3.8) is 0 Å². The van der Waals surface area contributed by atoms with Gasteiger partial charge in [-0.25, -0.2) is 0 Å². The molecular weight excluding hydrogens is 1030 g/mol. The second kappa shape index (κ2) is 22.1. The van der Waals surface area contributed by atoms with Gasteiger partial charge in [-0.15, -0.1) is 0 Å². The molecule has 4 saturated heterocycles. The molecule has 448 valence electrons. The Morgan fingerprint density at radius 2 is 1.15 bits per heavy atom. The average Bonchev–Trinajstić information content (AvgIpc) is 2.41. The van der Waals surface area contributed by atoms with Crippen LogP contribution in [0.1, 0.15) is 106 Å². The van der Waals surface area contributed by atoms with E-state index in [1.54, 1.807) is 0 Å². The fourth-order valence-corrected chi connectivity index (χ4v) is 16.5. The highest BCUT2D eigenvalue weighted by Gasteiger charge is 2.72. The maximum Gasteiger partial charge on any atom is 0.315 e. The second-order valence-electron chi connectivity index (χ2n) is 26.3. The number of hydrogen-bond acceptors (Lipinski definition) is 24. The Labute approximate surface area is 453 Å². The summed E-state index contributed by atoms with van der Waals surface area (Å²) in [5.41, 5.74) is -2.63. The average molecular weight is 1120 g/mol. The lowest BCUT2D eigenvalue weighted by atomic mass is 9.33. The molecule has 30 atom stereocenters. The highest BCUT2D eigenvalue weighted by molar-refractivity contribution is 5.79. The van der Waals surface area contributed by atoms with Gasteiger partial charge in [0.1, 0.15) is 91.6 Å². The quantitative estimate of drug-likeness (QED) is 0.0524. The van der Waals surface area contributed by atoms with Crippen LogP contribution < -0.4 is 0 Å². The minimum absolute atomic E-state index is 0.0206. The third kappa shape index (κ3) is 9.76. The van der Waals surface area contributed by atoms with E-state index < -0.39 is 182 Å². The van der Waals surface area contributed by atoms with Gasteiger partial charge in [-0.05, 0) is 104 Å². The maximum atomic E-state index is 15.1. The van der Waals surface area contributed by atoms with Gasteiger partial charge in [-0.3, -0.25) is 4.79 Å². The van der Waals surface area contributed by atoms with E-state index in [-0.39, 0.29) is 41.6 Å². The summed E-state index contributed by atoms with van der Waals surface area (Å²) in [7, 11) is 0. The summed E-state index contributed by atoms with van der Waals surface area (Å²) in [6, 6.07) is 0. The van der Waals surface area contributed by atoms with E-state index >= 15 is 4.79 Å². The van der Waals surface area contributed by atoms with Crippen molar-refractivity contribution in [2.45, 2.75) is 241 Å². The molecule has 4 saturated carbocycles. The zero-order chi connectivity index (χ0) is 57.1. The molecule has 0 radical (unpaired) electrons. The van der Waals surface area contributed by atoms with Gasteiger partial charge in [0.25, 0.3) is 0 Å². The van der Waals surface area contributed by atoms with Crippen LogP contribution in [0.2, 0.25) is 0 Å². The predicted octanol–water partition coefficient (Wildman–Crippen LogP) is -3.06. The van der Waals surface area contributed by atoms with E-state index in [2.05, 4.69) is 40.7 Å². The Bertz CT molecular complexity index is 2150. The Balaban J connectivity index is 0.908. The van der Waals surface area contributed by atoms with Crippen LogP contribution in [0, 0.1) is 50.2 Å². The van der Waals surface area contributed by atoms with Crippen LogP contribution in [0.5, 0.6) is 0 Å². The molecule has 15 N–H and O–H groups in total. The van der Waals surface area contributed by atoms with Crippen molar-refractivity contribution in [2.24, 2.45) is 50.2 Å². The number of rotatable bonds is 12. The van der Waals surface area contributed by atoms with Crippen LogP contribution >= 0.6 is 0 Å². The number of hydrogen-bond donors (Lipinski definition) is 15. The van der Waals surface area contributed by atoms with Crippen molar-refractivity contribution >= 4 is 5.97 Å². The molecule has 0 aromatic carbocycles. The van der Waals surface area contributed by atoms with E-state index in [1.807, 2.05) is 6.92 Å². The third-order valence-electron chi connectivity index (χ3n) is 21.5. The van der Waals surface area contributed by atoms with Crippen LogP contribution in [-0.4, -0.2) is 244 Å². The van der Waals surface area contributed by atoms with Crippen molar-refractivity contribution in [1.82, 2.24) is 0 Å². The van der Waals surface area contributed by atoms with Gasteiger partial charge in [0.15, 0.2) is 18.9 Å². The Hall–Kier alpha value is -1.67. The molecule has 9 aliphatic rings. The van der Waals surface area contributed by atoms with Gasteiger partial charge in [0, 0.05) is 5.41 Å². The minimum Gasteiger partial charge on any atom is -0.432 e. The topological polar surface area (TPSA) is 394 Å². The summed E-state index contributed by atoms with van der Waals surface area (Å²) in [4.78, 5) is 15.1. The molecule has 78 heavy (non-hydrogen) atoms. The summed E-state index contributed by atoms with van der Waals surface area (Å²) in [5, 5.41) is 162. The third-order valence-corrected chi connectivity index (χ3v) is 21.5. The largest absolute Gasteiger partial charge is 0.432 e. The number of fused-ring (bicyclic) bond motifs is 7. The first-order chi connectivity index (χ1) is 36.5. The smallest absolute Gasteiger partial charge is 0.315 e. The van der Waals surface area contributed by atoms with Crippen molar-refractivity contribution in [2.75, 3.05) is 26.4 Å². The Morgan fingerprint density at radius 1 is 0.590 bits per heavy atom. The van der Waals surface area contributed by atoms with Crippen LogP contribution in [0.15, 0.2) is 11.6 Å². The zero-order valence-electron chi connectivity index (χ0n) is 45.6. The molecule has 0 amide bonds. The number of aliphatic hydroxyl groups is 15. The molecule has 8 fully saturated rings. The molecule has 4 aliphatic heterocycles. The molecule has 5 aliphatic carbocycles. The molecule has 24 heteroatoms. The first-order valence-corrected chi connectivity index (χ1v) is 27.9. The maximum absolute atomic E-state index is 15.1. The number of esters is 1. The number of aliphatic hydroxyl groups excluding tert-OH is 15. The molecular formula is C54H88O24. The molecule has 0 aromatic rings. The Morgan fingerprint density at radius 3 is 1.79 bits per heavy atom. The van der Waals surface area contributed by atoms with E-state index in [0.717, 1.165) is 12.0 Å². The first-order valence-electron chi connectivity index (χ1n) is 27.9. The summed E-state index contributed by atoms with van der Waals surface area (Å²) >= 11 is 0. The van der Waals surface area contributed by atoms with E-state index in [9.17, 15) is 76.6 Å². The van der Waals surface area contributed by atoms with Crippen LogP contribution in [0.3, 0.4) is 0 Å². The summed E-state index contributed by atoms with van der Waals surface area (Å²) in [6.45, 7) is 11.9. The van der Waals surface area contributed by atoms with Crippen LogP contribution in [0.4, 0.5) is 0 Å². The molecule has 30 unspecified atom stereocenters. The molecule has 0 aromatic heterocycles. The van der Waals surface area contributed by atoms with Crippen molar-refractivity contribution in [3.05, 3.63) is 11.6 Å². The summed E-state index contributed by atoms with van der Waals surface area (Å²) < 4.78 is 46.8. The molecule has 24 nitrogen and oxygen atoms in total. The number of ether oxygens (including phenoxy) is 8. The molecule has 0 spiro atoms. The molecule has 4 heterocycles. The highest BCUT2D eigenvalue weighted by Crippen LogP contribution is 2.76. The standard InChI is InChI=1S/C54H88O24/c1-22-31(59)34(62)38(66)45(72-22)76-42-27(19-56)74-44(41(69)37(42)65)71-20-28-33(61)36(64)40(68)47(75-28)78-48(70)54-14-12-49(2,3)16-24(54)23-8-9-30-50(4)17-25(58)43(77-46-39(67)35(63)32(60)26(18-55)73-46)51(5,21-57)29(50)10-11-53(30,7)52(23,6)13-15-54/h8,22,24-47,55-69H,9-21H2,1-7H3. The zero-order valence-corrected chi connectivity index (χ0v) is 45.6. The fourth-order valence-electron chi connectivity index (χ4n) is 16.5. The van der Waals surface area contributed by atoms with Gasteiger partial charge >= 0.3 is 5.97 Å². The predicted molar refractivity (Wildman–Crippen MR) is 264 cm³/mol. The lowest BCUT2D eigenvalue weighted by Crippen LogP contribution is -2.69. The van der Waals surface area contributed by atoms with E-state index in [0.29, 0.717) is 44.9 Å². The van der Waals surface area contributed by atoms with Gasteiger partial charge in [-0.2, -0.15) is 0 Å². The van der Waals surface area contributed by atoms with Crippen molar-refractivity contribution in [1.29, 1.82) is 0 Å². The Kier molecular flexibility index (Phi) is 17.2. The van der Waals surface area contributed by atoms with Gasteiger partial charge < -0.3 is 114 Å². The van der Waals surface area contributed by atoms with Gasteiger partial charge in [0.05, 0.1) is 50.2 Å². The minimum atomic E-state index is -1.91. The lowest BCUT2D eigenvalue weighted by Gasteiger charge is -2.72. The van der Waals surface area contributed by atoms with Gasteiger partial charge in [-0.1, -0.05) is 53.2 Å². The first kappa shape index (κ1) is 60.9. The number of allylic oxidation sites excluding steroid dienone is 2. The van der Waals surface area contributed by atoms with E-state index in [4.69, 9.17) is 37.9 Å². The van der Waals surface area contributed by atoms with Crippen molar-refractivity contribution < 1.29 is 119 Å². The van der Waals surface area contributed by atoms with Crippen LogP contribution in [0.25, 0.3) is 0 Å². The molecule has 0 bridgehead atoms. The highest BCUT2D eigenvalue weighted by atomic mass is 16.8. The van der Waals surface area contributed by atoms with Crippen molar-refractivity contribution in [3.8, 4) is 0 Å². The SMILES string of the molecule is CC1OC(OC2C(CO)OC(OCC3OC(OC(=O)C45CCC(C)(C)CC4C4=CCC6C7(C)CC(O)C(OC8OC(CO)C(O)C(O)C8O)C(C)(CO)C7CCC6(C)C4(C)CC5)C(O)C(O)C3O)C(O)C2O)C(O)C(O)C1O. The summed E-state index contributed by atoms with van der Waals surface area (Å²) in [6.07, 6.45) is -27.6. The van der Waals surface area contributed by atoms with E-state index in [1.165, 1.54) is 6.92 Å². The van der Waals surface area contributed by atoms with Crippen LogP contribution in [-0.2, 0) is 42.7 Å². The normalized spacial score (nSPS) is 55.1. The number of carbonyl (C=O) groups excluding carboxylic acids is 1. The van der Waals surface area contributed by atoms with Gasteiger partial charge in [0.2, 0.25) is 6.29 Å². The fraction of sp³-hybridized carbons (Fsp3) is 0.944. The lowest BCUT2D eigenvalue weighted by molar-refractivity contribution is -0.361. The number of carbonyl (C=O) groups is 1. The summed E-state index contributed by atoms with van der Waals surface area (Å²) in [5.74, 6) is -1.19. The monoisotopic (exact) mass is 1120 g/mol.